The van der Waals surface area contributed by atoms with Crippen molar-refractivity contribution < 1.29 is 9.53 Å². The Labute approximate surface area is 143 Å². The van der Waals surface area contributed by atoms with Crippen molar-refractivity contribution in [3.05, 3.63) is 46.5 Å². The van der Waals surface area contributed by atoms with Crippen LogP contribution in [0.15, 0.2) is 36.0 Å². The monoisotopic (exact) mass is 342 g/mol. The molecule has 0 spiro atoms. The summed E-state index contributed by atoms with van der Waals surface area (Å²) in [5, 5.41) is 6.43. The van der Waals surface area contributed by atoms with Gasteiger partial charge in [0.1, 0.15) is 5.52 Å². The first-order valence-corrected chi connectivity index (χ1v) is 8.94. The van der Waals surface area contributed by atoms with Gasteiger partial charge in [0, 0.05) is 42.3 Å². The molecule has 24 heavy (non-hydrogen) atoms. The second-order valence-corrected chi connectivity index (χ2v) is 6.76. The summed E-state index contributed by atoms with van der Waals surface area (Å²) in [6, 6.07) is 6.06. The van der Waals surface area contributed by atoms with Gasteiger partial charge in [0.2, 0.25) is 0 Å². The first kappa shape index (κ1) is 15.1. The summed E-state index contributed by atoms with van der Waals surface area (Å²) in [6.07, 6.45) is 4.60. The number of hydrogen-bond acceptors (Lipinski definition) is 6. The van der Waals surface area contributed by atoms with E-state index in [1.807, 2.05) is 11.3 Å². The molecule has 1 unspecified atom stereocenters. The van der Waals surface area contributed by atoms with E-state index >= 15 is 0 Å². The maximum absolute atomic E-state index is 11.9. The highest BCUT2D eigenvalue weighted by atomic mass is 32.1. The third kappa shape index (κ3) is 2.65. The molecule has 1 atom stereocenters. The molecule has 0 amide bonds. The largest absolute Gasteiger partial charge is 0.461 e. The van der Waals surface area contributed by atoms with Crippen molar-refractivity contribution >= 4 is 28.6 Å². The molecule has 1 fully saturated rings. The molecule has 1 aliphatic rings. The van der Waals surface area contributed by atoms with Crippen LogP contribution in [0.5, 0.6) is 0 Å². The summed E-state index contributed by atoms with van der Waals surface area (Å²) in [5.74, 6) is 1.02. The Morgan fingerprint density at radius 2 is 2.42 bits per heavy atom. The van der Waals surface area contributed by atoms with E-state index in [0.717, 1.165) is 30.8 Å². The van der Waals surface area contributed by atoms with E-state index in [1.165, 1.54) is 4.88 Å². The molecule has 1 aliphatic heterocycles. The van der Waals surface area contributed by atoms with Gasteiger partial charge in [0.15, 0.2) is 11.5 Å². The van der Waals surface area contributed by atoms with E-state index in [-0.39, 0.29) is 0 Å². The molecule has 0 saturated carbocycles. The molecular weight excluding hydrogens is 324 g/mol. The molecule has 0 aromatic carbocycles. The molecule has 124 valence electrons. The lowest BCUT2D eigenvalue weighted by atomic mass is 10.1. The van der Waals surface area contributed by atoms with E-state index in [4.69, 9.17) is 4.74 Å². The van der Waals surface area contributed by atoms with E-state index in [9.17, 15) is 4.79 Å². The van der Waals surface area contributed by atoms with Crippen LogP contribution in [-0.2, 0) is 4.74 Å². The van der Waals surface area contributed by atoms with Gasteiger partial charge in [-0.05, 0) is 24.8 Å². The Bertz CT molecular complexity index is 859. The summed E-state index contributed by atoms with van der Waals surface area (Å²) in [5.41, 5.74) is 1.16. The molecule has 0 radical (unpaired) electrons. The van der Waals surface area contributed by atoms with Crippen LogP contribution in [0.2, 0.25) is 0 Å². The lowest BCUT2D eigenvalue weighted by Crippen LogP contribution is -2.21. The molecular formula is C17H18N4O2S. The summed E-state index contributed by atoms with van der Waals surface area (Å²) in [6.45, 7) is 4.02. The van der Waals surface area contributed by atoms with Gasteiger partial charge < -0.3 is 9.64 Å². The number of fused-ring (bicyclic) bond motifs is 1. The molecule has 1 saturated heterocycles. The number of carbonyl (C=O) groups excluding carboxylic acids is 1. The predicted molar refractivity (Wildman–Crippen MR) is 92.8 cm³/mol. The quantitative estimate of drug-likeness (QED) is 0.682. The molecule has 7 heteroatoms. The van der Waals surface area contributed by atoms with Gasteiger partial charge in [-0.1, -0.05) is 6.07 Å². The average molecular weight is 342 g/mol. The fourth-order valence-corrected chi connectivity index (χ4v) is 4.02. The second kappa shape index (κ2) is 6.24. The van der Waals surface area contributed by atoms with Crippen molar-refractivity contribution in [3.8, 4) is 0 Å². The maximum atomic E-state index is 11.9. The topological polar surface area (TPSA) is 59.7 Å². The molecule has 0 bridgehead atoms. The zero-order chi connectivity index (χ0) is 16.5. The number of ether oxygens (including phenoxy) is 1. The van der Waals surface area contributed by atoms with Crippen molar-refractivity contribution in [2.75, 3.05) is 24.6 Å². The van der Waals surface area contributed by atoms with E-state index in [2.05, 4.69) is 32.5 Å². The van der Waals surface area contributed by atoms with E-state index < -0.39 is 5.97 Å². The van der Waals surface area contributed by atoms with Crippen LogP contribution in [-0.4, -0.2) is 40.3 Å². The lowest BCUT2D eigenvalue weighted by Gasteiger charge is -2.17. The van der Waals surface area contributed by atoms with Crippen LogP contribution < -0.4 is 4.90 Å². The first-order chi connectivity index (χ1) is 11.8. The van der Waals surface area contributed by atoms with Gasteiger partial charge in [-0.2, -0.15) is 5.10 Å². The van der Waals surface area contributed by atoms with Crippen LogP contribution >= 0.6 is 11.3 Å². The van der Waals surface area contributed by atoms with Crippen molar-refractivity contribution in [2.24, 2.45) is 0 Å². The molecule has 6 nitrogen and oxygen atoms in total. The zero-order valence-corrected chi connectivity index (χ0v) is 14.2. The highest BCUT2D eigenvalue weighted by molar-refractivity contribution is 7.10. The Balaban J connectivity index is 1.63. The minimum atomic E-state index is -0.398. The standard InChI is InChI=1S/C17H18N4O2S/c1-2-23-17(22)13-10-14-16(18-6-8-21(14)19-13)20-7-5-12(11-20)15-4-3-9-24-15/h3-4,6,8-10,12H,2,5,7,11H2,1H3. The Morgan fingerprint density at radius 3 is 3.21 bits per heavy atom. The van der Waals surface area contributed by atoms with Crippen molar-refractivity contribution in [3.63, 3.8) is 0 Å². The molecule has 4 rings (SSSR count). The zero-order valence-electron chi connectivity index (χ0n) is 13.4. The third-order valence-corrected chi connectivity index (χ3v) is 5.32. The Hall–Kier alpha value is -2.41. The number of thiophene rings is 1. The first-order valence-electron chi connectivity index (χ1n) is 8.06. The summed E-state index contributed by atoms with van der Waals surface area (Å²) in [7, 11) is 0. The van der Waals surface area contributed by atoms with Crippen LogP contribution in [0.25, 0.3) is 5.52 Å². The van der Waals surface area contributed by atoms with Gasteiger partial charge >= 0.3 is 5.97 Å². The second-order valence-electron chi connectivity index (χ2n) is 5.78. The number of anilines is 1. The van der Waals surface area contributed by atoms with Crippen LogP contribution in [0, 0.1) is 0 Å². The molecule has 3 aromatic heterocycles. The van der Waals surface area contributed by atoms with Crippen molar-refractivity contribution in [1.29, 1.82) is 0 Å². The minimum absolute atomic E-state index is 0.320. The van der Waals surface area contributed by atoms with Gasteiger partial charge in [0.05, 0.1) is 6.61 Å². The molecule has 0 N–H and O–H groups in total. The van der Waals surface area contributed by atoms with E-state index in [1.54, 1.807) is 29.9 Å². The van der Waals surface area contributed by atoms with Crippen molar-refractivity contribution in [2.45, 2.75) is 19.3 Å². The molecule has 3 aromatic rings. The fraction of sp³-hybridized carbons (Fsp3) is 0.353. The Morgan fingerprint density at radius 1 is 1.50 bits per heavy atom. The van der Waals surface area contributed by atoms with Crippen LogP contribution in [0.4, 0.5) is 5.82 Å². The minimum Gasteiger partial charge on any atom is -0.461 e. The smallest absolute Gasteiger partial charge is 0.358 e. The average Bonchev–Trinajstić information content (AvgIpc) is 3.32. The number of esters is 1. The van der Waals surface area contributed by atoms with Gasteiger partial charge in [-0.3, -0.25) is 0 Å². The maximum Gasteiger partial charge on any atom is 0.358 e. The van der Waals surface area contributed by atoms with Crippen LogP contribution in [0.3, 0.4) is 0 Å². The van der Waals surface area contributed by atoms with Gasteiger partial charge in [-0.15, -0.1) is 11.3 Å². The highest BCUT2D eigenvalue weighted by Gasteiger charge is 2.27. The molecule has 4 heterocycles. The van der Waals surface area contributed by atoms with Crippen LogP contribution in [0.1, 0.15) is 34.6 Å². The summed E-state index contributed by atoms with van der Waals surface area (Å²) >= 11 is 1.81. The lowest BCUT2D eigenvalue weighted by molar-refractivity contribution is 0.0519. The molecule has 0 aliphatic carbocycles. The number of nitrogens with zero attached hydrogens (tertiary/aromatic N) is 4. The number of rotatable bonds is 4. The normalized spacial score (nSPS) is 17.5. The van der Waals surface area contributed by atoms with E-state index in [0.29, 0.717) is 18.2 Å². The van der Waals surface area contributed by atoms with Crippen molar-refractivity contribution in [1.82, 2.24) is 14.6 Å². The predicted octanol–water partition coefficient (Wildman–Crippen LogP) is 2.96. The summed E-state index contributed by atoms with van der Waals surface area (Å²) in [4.78, 5) is 20.2. The third-order valence-electron chi connectivity index (χ3n) is 4.29. The number of aromatic nitrogens is 3. The SMILES string of the molecule is CCOC(=O)c1cc2c(N3CCC(c4cccs4)C3)nccn2n1. The number of hydrogen-bond donors (Lipinski definition) is 0. The Kier molecular flexibility index (Phi) is 3.93. The van der Waals surface area contributed by atoms with Gasteiger partial charge in [0.25, 0.3) is 0 Å². The fourth-order valence-electron chi connectivity index (χ4n) is 3.17. The number of carbonyl (C=O) groups is 1. The van der Waals surface area contributed by atoms with Gasteiger partial charge in [-0.25, -0.2) is 14.3 Å². The highest BCUT2D eigenvalue weighted by Crippen LogP contribution is 2.33. The summed E-state index contributed by atoms with van der Waals surface area (Å²) < 4.78 is 6.74.